The summed E-state index contributed by atoms with van der Waals surface area (Å²) in [5.74, 6) is -0.178. The summed E-state index contributed by atoms with van der Waals surface area (Å²) in [5.41, 5.74) is 0.779. The number of carbonyl (C=O) groups is 1. The maximum Gasteiger partial charge on any atom is 0.270 e. The number of nitrogens with one attached hydrogen (secondary N) is 1. The minimum Gasteiger partial charge on any atom is -0.332 e. The molecule has 0 radical (unpaired) electrons. The van der Waals surface area contributed by atoms with Crippen LogP contribution in [0.2, 0.25) is 0 Å². The molecule has 0 saturated heterocycles. The Morgan fingerprint density at radius 3 is 2.70 bits per heavy atom. The van der Waals surface area contributed by atoms with Crippen molar-refractivity contribution in [2.75, 3.05) is 0 Å². The van der Waals surface area contributed by atoms with Gasteiger partial charge >= 0.3 is 0 Å². The molecular weight excluding hydrogens is 252 g/mol. The highest BCUT2D eigenvalue weighted by Gasteiger charge is 2.34. The molecule has 1 amide bonds. The van der Waals surface area contributed by atoms with Gasteiger partial charge in [-0.1, -0.05) is 26.2 Å². The minimum atomic E-state index is -0.690. The second kappa shape index (κ2) is 6.08. The van der Waals surface area contributed by atoms with Gasteiger partial charge in [0.15, 0.2) is 0 Å². The molecule has 0 aromatic carbocycles. The summed E-state index contributed by atoms with van der Waals surface area (Å²) in [5, 5.41) is 16.8. The van der Waals surface area contributed by atoms with Crippen molar-refractivity contribution in [1.29, 1.82) is 5.26 Å². The lowest BCUT2D eigenvalue weighted by Gasteiger charge is -2.31. The zero-order valence-electron chi connectivity index (χ0n) is 12.3. The molecule has 1 saturated carbocycles. The number of nitriles is 1. The molecule has 2 rings (SSSR count). The van der Waals surface area contributed by atoms with E-state index in [1.54, 1.807) is 4.68 Å². The molecule has 0 bridgehead atoms. The Labute approximate surface area is 120 Å². The van der Waals surface area contributed by atoms with Crippen molar-refractivity contribution < 1.29 is 4.79 Å². The molecule has 1 heterocycles. The Bertz CT molecular complexity index is 520. The third-order valence-corrected chi connectivity index (χ3v) is 4.00. The van der Waals surface area contributed by atoms with Crippen LogP contribution in [-0.4, -0.2) is 21.2 Å². The van der Waals surface area contributed by atoms with Gasteiger partial charge in [0.05, 0.1) is 11.8 Å². The van der Waals surface area contributed by atoms with Gasteiger partial charge in [-0.15, -0.1) is 0 Å². The zero-order chi connectivity index (χ0) is 14.6. The van der Waals surface area contributed by atoms with Gasteiger partial charge in [-0.2, -0.15) is 10.4 Å². The van der Waals surface area contributed by atoms with E-state index in [-0.39, 0.29) is 5.91 Å². The van der Waals surface area contributed by atoms with Crippen molar-refractivity contribution in [2.24, 2.45) is 0 Å². The van der Waals surface area contributed by atoms with Crippen LogP contribution in [0.3, 0.4) is 0 Å². The van der Waals surface area contributed by atoms with Crippen LogP contribution in [0.4, 0.5) is 0 Å². The Morgan fingerprint density at radius 1 is 1.45 bits per heavy atom. The number of aryl methyl sites for hydroxylation is 2. The van der Waals surface area contributed by atoms with Gasteiger partial charge < -0.3 is 5.32 Å². The second-order valence-corrected chi connectivity index (χ2v) is 5.40. The Hall–Kier alpha value is -1.83. The second-order valence-electron chi connectivity index (χ2n) is 5.40. The van der Waals surface area contributed by atoms with Crippen LogP contribution < -0.4 is 5.32 Å². The van der Waals surface area contributed by atoms with Crippen LogP contribution in [0.1, 0.15) is 62.1 Å². The van der Waals surface area contributed by atoms with E-state index in [9.17, 15) is 10.1 Å². The van der Waals surface area contributed by atoms with Crippen LogP contribution in [0.5, 0.6) is 0 Å². The van der Waals surface area contributed by atoms with Gasteiger partial charge in [0.1, 0.15) is 11.2 Å². The van der Waals surface area contributed by atoms with E-state index in [4.69, 9.17) is 0 Å². The third-order valence-electron chi connectivity index (χ3n) is 4.00. The van der Waals surface area contributed by atoms with E-state index in [1.165, 1.54) is 0 Å². The van der Waals surface area contributed by atoms with Crippen LogP contribution in [-0.2, 0) is 13.0 Å². The molecule has 1 aliphatic rings. The number of rotatable bonds is 4. The molecule has 1 N–H and O–H groups in total. The third kappa shape index (κ3) is 2.84. The summed E-state index contributed by atoms with van der Waals surface area (Å²) < 4.78 is 1.71. The van der Waals surface area contributed by atoms with Gasteiger partial charge in [0.25, 0.3) is 5.91 Å². The first-order valence-corrected chi connectivity index (χ1v) is 7.44. The molecule has 5 nitrogen and oxygen atoms in total. The van der Waals surface area contributed by atoms with Crippen molar-refractivity contribution in [2.45, 2.75) is 64.5 Å². The van der Waals surface area contributed by atoms with E-state index >= 15 is 0 Å². The quantitative estimate of drug-likeness (QED) is 0.916. The molecule has 108 valence electrons. The van der Waals surface area contributed by atoms with Crippen molar-refractivity contribution in [3.63, 3.8) is 0 Å². The fourth-order valence-corrected chi connectivity index (χ4v) is 2.77. The molecule has 1 aromatic heterocycles. The normalized spacial score (nSPS) is 17.4. The van der Waals surface area contributed by atoms with E-state index in [0.29, 0.717) is 12.2 Å². The van der Waals surface area contributed by atoms with Crippen LogP contribution in [0, 0.1) is 11.3 Å². The molecule has 0 aliphatic heterocycles. The largest absolute Gasteiger partial charge is 0.332 e. The maximum absolute atomic E-state index is 12.5. The van der Waals surface area contributed by atoms with Crippen molar-refractivity contribution in [3.8, 4) is 6.07 Å². The SMILES string of the molecule is CCc1cc(C(=O)NC2(C#N)CCCCC2)n(CC)n1. The lowest BCUT2D eigenvalue weighted by Crippen LogP contribution is -2.49. The Morgan fingerprint density at radius 2 is 2.15 bits per heavy atom. The van der Waals surface area contributed by atoms with Gasteiger partial charge in [-0.25, -0.2) is 0 Å². The van der Waals surface area contributed by atoms with Gasteiger partial charge in [-0.3, -0.25) is 9.48 Å². The van der Waals surface area contributed by atoms with Crippen LogP contribution in [0.15, 0.2) is 6.07 Å². The van der Waals surface area contributed by atoms with E-state index in [2.05, 4.69) is 16.5 Å². The first-order chi connectivity index (χ1) is 9.64. The number of amides is 1. The van der Waals surface area contributed by atoms with Gasteiger partial charge in [0, 0.05) is 6.54 Å². The van der Waals surface area contributed by atoms with Crippen molar-refractivity contribution in [3.05, 3.63) is 17.5 Å². The smallest absolute Gasteiger partial charge is 0.270 e. The summed E-state index contributed by atoms with van der Waals surface area (Å²) in [6.07, 6.45) is 5.44. The molecular formula is C15H22N4O. The number of hydrogen-bond donors (Lipinski definition) is 1. The molecule has 1 aliphatic carbocycles. The number of carbonyl (C=O) groups excluding carboxylic acids is 1. The predicted octanol–water partition coefficient (Wildman–Crippen LogP) is 2.42. The lowest BCUT2D eigenvalue weighted by molar-refractivity contribution is 0.0891. The van der Waals surface area contributed by atoms with Crippen LogP contribution in [0.25, 0.3) is 0 Å². The monoisotopic (exact) mass is 274 g/mol. The molecule has 0 spiro atoms. The topological polar surface area (TPSA) is 70.7 Å². The number of nitrogens with zero attached hydrogens (tertiary/aromatic N) is 3. The zero-order valence-corrected chi connectivity index (χ0v) is 12.3. The standard InChI is InChI=1S/C15H22N4O/c1-3-12-10-13(19(4-2)18-12)14(20)17-15(11-16)8-6-5-7-9-15/h10H,3-9H2,1-2H3,(H,17,20). The van der Waals surface area contributed by atoms with Crippen molar-refractivity contribution in [1.82, 2.24) is 15.1 Å². The van der Waals surface area contributed by atoms with E-state index in [0.717, 1.165) is 44.2 Å². The average Bonchev–Trinajstić information content (AvgIpc) is 2.91. The highest BCUT2D eigenvalue weighted by molar-refractivity contribution is 5.93. The maximum atomic E-state index is 12.5. The molecule has 1 fully saturated rings. The average molecular weight is 274 g/mol. The van der Waals surface area contributed by atoms with Crippen LogP contribution >= 0.6 is 0 Å². The van der Waals surface area contributed by atoms with Gasteiger partial charge in [-0.05, 0) is 32.3 Å². The molecule has 1 aromatic rings. The summed E-state index contributed by atoms with van der Waals surface area (Å²) in [6.45, 7) is 4.63. The van der Waals surface area contributed by atoms with Crippen molar-refractivity contribution >= 4 is 5.91 Å². The Kier molecular flexibility index (Phi) is 4.43. The highest BCUT2D eigenvalue weighted by Crippen LogP contribution is 2.27. The summed E-state index contributed by atoms with van der Waals surface area (Å²) in [7, 11) is 0. The molecule has 20 heavy (non-hydrogen) atoms. The number of hydrogen-bond acceptors (Lipinski definition) is 3. The summed E-state index contributed by atoms with van der Waals surface area (Å²) >= 11 is 0. The fraction of sp³-hybridized carbons (Fsp3) is 0.667. The minimum absolute atomic E-state index is 0.178. The molecule has 0 atom stereocenters. The fourth-order valence-electron chi connectivity index (χ4n) is 2.77. The van der Waals surface area contributed by atoms with E-state index < -0.39 is 5.54 Å². The van der Waals surface area contributed by atoms with E-state index in [1.807, 2.05) is 19.9 Å². The Balaban J connectivity index is 2.19. The van der Waals surface area contributed by atoms with Gasteiger partial charge in [0.2, 0.25) is 0 Å². The number of aromatic nitrogens is 2. The first-order valence-electron chi connectivity index (χ1n) is 7.44. The predicted molar refractivity (Wildman–Crippen MR) is 76.2 cm³/mol. The summed E-state index contributed by atoms with van der Waals surface area (Å²) in [6, 6.07) is 4.14. The molecule has 0 unspecified atom stereocenters. The highest BCUT2D eigenvalue weighted by atomic mass is 16.2. The first kappa shape index (κ1) is 14.6. The molecule has 5 heteroatoms. The summed E-state index contributed by atoms with van der Waals surface area (Å²) in [4.78, 5) is 12.5. The lowest BCUT2D eigenvalue weighted by atomic mass is 9.83.